The molecule has 2 aliphatic heterocycles. The van der Waals surface area contributed by atoms with Gasteiger partial charge < -0.3 is 19.5 Å². The number of hydrogen-bond donors (Lipinski definition) is 1. The van der Waals surface area contributed by atoms with E-state index in [1.54, 1.807) is 18.2 Å². The Morgan fingerprint density at radius 3 is 2.64 bits per heavy atom. The van der Waals surface area contributed by atoms with Gasteiger partial charge in [-0.3, -0.25) is 19.3 Å². The zero-order chi connectivity index (χ0) is 24.0. The van der Waals surface area contributed by atoms with E-state index in [0.29, 0.717) is 37.4 Å². The lowest BCUT2D eigenvalue weighted by Crippen LogP contribution is -2.38. The predicted octanol–water partition coefficient (Wildman–Crippen LogP) is 3.92. The number of amides is 2. The van der Waals surface area contributed by atoms with Crippen LogP contribution < -0.4 is 9.47 Å². The normalized spacial score (nSPS) is 17.6. The van der Waals surface area contributed by atoms with Crippen LogP contribution in [0.15, 0.2) is 21.5 Å². The van der Waals surface area contributed by atoms with Crippen LogP contribution in [0.1, 0.15) is 38.2 Å². The van der Waals surface area contributed by atoms with E-state index in [4.69, 9.17) is 26.8 Å². The number of thiocarbonyl (C=S) groups is 1. The van der Waals surface area contributed by atoms with Crippen molar-refractivity contribution in [1.29, 1.82) is 0 Å². The first kappa shape index (κ1) is 25.5. The minimum atomic E-state index is -0.993. The summed E-state index contributed by atoms with van der Waals surface area (Å²) in [4.78, 5) is 39.5. The highest BCUT2D eigenvalue weighted by atomic mass is 79.9. The van der Waals surface area contributed by atoms with Crippen LogP contribution in [0.3, 0.4) is 0 Å². The maximum atomic E-state index is 12.7. The minimum Gasteiger partial charge on any atom is -0.490 e. The summed E-state index contributed by atoms with van der Waals surface area (Å²) in [5.74, 6) is -0.502. The number of carboxylic acids is 1. The standard InChI is InChI=1S/C22H25BrN2O6S2/c1-2-30-16-11-14(12-17-21(29)25(22(32)33-17)9-6-19(27)28)10-15(23)20(16)31-13-18(26)24-7-4-3-5-8-24/h10-12H,2-9,13H2,1H3,(H,27,28)/b17-12+. The number of piperidine rings is 1. The largest absolute Gasteiger partial charge is 0.490 e. The summed E-state index contributed by atoms with van der Waals surface area (Å²) in [6.07, 6.45) is 4.66. The lowest BCUT2D eigenvalue weighted by molar-refractivity contribution is -0.137. The number of thioether (sulfide) groups is 1. The van der Waals surface area contributed by atoms with E-state index in [2.05, 4.69) is 15.9 Å². The number of carbonyl (C=O) groups excluding carboxylic acids is 2. The fourth-order valence-electron chi connectivity index (χ4n) is 3.49. The lowest BCUT2D eigenvalue weighted by Gasteiger charge is -2.26. The molecule has 0 aliphatic carbocycles. The van der Waals surface area contributed by atoms with Crippen molar-refractivity contribution in [3.63, 3.8) is 0 Å². The molecule has 2 heterocycles. The van der Waals surface area contributed by atoms with Crippen LogP contribution in [0.5, 0.6) is 11.5 Å². The third-order valence-electron chi connectivity index (χ3n) is 5.10. The van der Waals surface area contributed by atoms with Crippen molar-refractivity contribution in [2.75, 3.05) is 32.8 Å². The zero-order valence-electron chi connectivity index (χ0n) is 18.2. The van der Waals surface area contributed by atoms with Crippen LogP contribution in [-0.2, 0) is 14.4 Å². The van der Waals surface area contributed by atoms with E-state index in [-0.39, 0.29) is 31.4 Å². The third kappa shape index (κ3) is 6.70. The smallest absolute Gasteiger partial charge is 0.305 e. The molecular weight excluding hydrogens is 532 g/mol. The Kier molecular flexibility index (Phi) is 9.16. The van der Waals surface area contributed by atoms with Crippen molar-refractivity contribution in [3.05, 3.63) is 27.1 Å². The summed E-state index contributed by atoms with van der Waals surface area (Å²) < 4.78 is 12.5. The number of nitrogens with zero attached hydrogens (tertiary/aromatic N) is 2. The molecule has 2 aliphatic rings. The van der Waals surface area contributed by atoms with Crippen LogP contribution in [0.25, 0.3) is 6.08 Å². The second-order valence-electron chi connectivity index (χ2n) is 7.47. The molecule has 0 aromatic heterocycles. The number of benzene rings is 1. The topological polar surface area (TPSA) is 96.4 Å². The van der Waals surface area contributed by atoms with Gasteiger partial charge in [0.25, 0.3) is 11.8 Å². The maximum absolute atomic E-state index is 12.7. The first-order valence-corrected chi connectivity index (χ1v) is 12.7. The van der Waals surface area contributed by atoms with Crippen LogP contribution in [0.2, 0.25) is 0 Å². The molecule has 2 amide bonds. The van der Waals surface area contributed by atoms with Crippen molar-refractivity contribution in [3.8, 4) is 11.5 Å². The van der Waals surface area contributed by atoms with Gasteiger partial charge in [0.15, 0.2) is 18.1 Å². The Bertz CT molecular complexity index is 978. The van der Waals surface area contributed by atoms with Crippen molar-refractivity contribution < 1.29 is 29.0 Å². The number of rotatable bonds is 9. The van der Waals surface area contributed by atoms with E-state index < -0.39 is 5.97 Å². The average molecular weight is 557 g/mol. The highest BCUT2D eigenvalue weighted by molar-refractivity contribution is 9.10. The first-order valence-electron chi connectivity index (χ1n) is 10.6. The maximum Gasteiger partial charge on any atom is 0.305 e. The number of halogens is 1. The van der Waals surface area contributed by atoms with Crippen molar-refractivity contribution in [2.24, 2.45) is 0 Å². The zero-order valence-corrected chi connectivity index (χ0v) is 21.4. The number of ether oxygens (including phenoxy) is 2. The van der Waals surface area contributed by atoms with Crippen molar-refractivity contribution in [1.82, 2.24) is 9.80 Å². The molecule has 1 aromatic rings. The van der Waals surface area contributed by atoms with Crippen molar-refractivity contribution >= 4 is 68.1 Å². The van der Waals surface area contributed by atoms with E-state index in [9.17, 15) is 14.4 Å². The second kappa shape index (κ2) is 11.8. The second-order valence-corrected chi connectivity index (χ2v) is 10.0. The van der Waals surface area contributed by atoms with Gasteiger partial charge in [0.05, 0.1) is 22.4 Å². The van der Waals surface area contributed by atoms with Gasteiger partial charge in [-0.1, -0.05) is 24.0 Å². The van der Waals surface area contributed by atoms with Gasteiger partial charge in [0.1, 0.15) is 4.32 Å². The van der Waals surface area contributed by atoms with Gasteiger partial charge in [-0.25, -0.2) is 0 Å². The molecular formula is C22H25BrN2O6S2. The van der Waals surface area contributed by atoms with Gasteiger partial charge in [-0.15, -0.1) is 0 Å². The van der Waals surface area contributed by atoms with Crippen LogP contribution >= 0.6 is 39.9 Å². The molecule has 0 bridgehead atoms. The lowest BCUT2D eigenvalue weighted by atomic mass is 10.1. The summed E-state index contributed by atoms with van der Waals surface area (Å²) in [5.41, 5.74) is 0.679. The Morgan fingerprint density at radius 2 is 1.97 bits per heavy atom. The van der Waals surface area contributed by atoms with Crippen LogP contribution in [0, 0.1) is 0 Å². The molecule has 0 radical (unpaired) electrons. The molecule has 1 N–H and O–H groups in total. The van der Waals surface area contributed by atoms with Crippen LogP contribution in [-0.4, -0.2) is 69.9 Å². The Labute approximate surface area is 210 Å². The Hall–Kier alpha value is -2.11. The van der Waals surface area contributed by atoms with E-state index >= 15 is 0 Å². The molecule has 2 saturated heterocycles. The van der Waals surface area contributed by atoms with Gasteiger partial charge in [0, 0.05) is 19.6 Å². The highest BCUT2D eigenvalue weighted by Crippen LogP contribution is 2.39. The SMILES string of the molecule is CCOc1cc(/C=C2/SC(=S)N(CCC(=O)O)C2=O)cc(Br)c1OCC(=O)N1CCCCC1. The Morgan fingerprint density at radius 1 is 1.24 bits per heavy atom. The molecule has 33 heavy (non-hydrogen) atoms. The summed E-state index contributed by atoms with van der Waals surface area (Å²) in [6.45, 7) is 3.69. The highest BCUT2D eigenvalue weighted by Gasteiger charge is 2.32. The van der Waals surface area contributed by atoms with Gasteiger partial charge in [-0.05, 0) is 65.9 Å². The predicted molar refractivity (Wildman–Crippen MR) is 133 cm³/mol. The van der Waals surface area contributed by atoms with Gasteiger partial charge in [-0.2, -0.15) is 0 Å². The van der Waals surface area contributed by atoms with Gasteiger partial charge in [0.2, 0.25) is 0 Å². The molecule has 0 unspecified atom stereocenters. The fourth-order valence-corrected chi connectivity index (χ4v) is 5.38. The number of likely N-dealkylation sites (tertiary alicyclic amines) is 1. The number of carboxylic acid groups (broad SMARTS) is 1. The molecule has 8 nitrogen and oxygen atoms in total. The molecule has 11 heteroatoms. The first-order chi connectivity index (χ1) is 15.8. The van der Waals surface area contributed by atoms with E-state index in [1.807, 2.05) is 11.8 Å². The third-order valence-corrected chi connectivity index (χ3v) is 7.07. The molecule has 1 aromatic carbocycles. The summed E-state index contributed by atoms with van der Waals surface area (Å²) in [5, 5.41) is 8.88. The molecule has 3 rings (SSSR count). The molecule has 2 fully saturated rings. The minimum absolute atomic E-state index is 0.0308. The number of hydrogen-bond acceptors (Lipinski definition) is 7. The van der Waals surface area contributed by atoms with Crippen LogP contribution in [0.4, 0.5) is 0 Å². The quantitative estimate of drug-likeness (QED) is 0.361. The average Bonchev–Trinajstić information content (AvgIpc) is 3.04. The van der Waals surface area contributed by atoms with E-state index in [1.165, 1.54) is 4.90 Å². The molecule has 0 saturated carbocycles. The van der Waals surface area contributed by atoms with Gasteiger partial charge >= 0.3 is 5.97 Å². The molecule has 178 valence electrons. The van der Waals surface area contributed by atoms with Crippen molar-refractivity contribution in [2.45, 2.75) is 32.6 Å². The van der Waals surface area contributed by atoms with E-state index in [0.717, 1.165) is 44.1 Å². The monoisotopic (exact) mass is 556 g/mol. The molecule has 0 spiro atoms. The Balaban J connectivity index is 1.76. The fraction of sp³-hybridized carbons (Fsp3) is 0.455. The number of carbonyl (C=O) groups is 3. The summed E-state index contributed by atoms with van der Waals surface area (Å²) >= 11 is 9.85. The summed E-state index contributed by atoms with van der Waals surface area (Å²) in [7, 11) is 0. The summed E-state index contributed by atoms with van der Waals surface area (Å²) in [6, 6.07) is 3.51. The number of aliphatic carboxylic acids is 1. The molecule has 0 atom stereocenters.